The molecule has 1 aliphatic rings. The monoisotopic (exact) mass is 343 g/mol. The molecule has 2 heterocycles. The Morgan fingerprint density at radius 1 is 1.25 bits per heavy atom. The van der Waals surface area contributed by atoms with Crippen molar-refractivity contribution < 1.29 is 9.59 Å². The standard InChI is InChI=1S/C18H21N3O2S/c22-17(13-21-10-5-9-19-18(21)23)20-15(16-8-4-11-24-16)12-14-6-2-1-3-7-14/h1-4,6-8,11,15H,5,9-10,12-13H2,(H,19,23)(H,20,22)/t15-/m1/s1. The van der Waals surface area contributed by atoms with E-state index < -0.39 is 0 Å². The normalized spacial score (nSPS) is 15.7. The summed E-state index contributed by atoms with van der Waals surface area (Å²) in [5.74, 6) is -0.124. The van der Waals surface area contributed by atoms with Crippen LogP contribution in [-0.4, -0.2) is 36.5 Å². The van der Waals surface area contributed by atoms with Crippen molar-refractivity contribution in [3.8, 4) is 0 Å². The third-order valence-corrected chi connectivity index (χ3v) is 4.99. The minimum atomic E-state index is -0.160. The summed E-state index contributed by atoms with van der Waals surface area (Å²) in [6.45, 7) is 1.41. The molecule has 0 radical (unpaired) electrons. The predicted molar refractivity (Wildman–Crippen MR) is 94.9 cm³/mol. The topological polar surface area (TPSA) is 61.4 Å². The smallest absolute Gasteiger partial charge is 0.317 e. The highest BCUT2D eigenvalue weighted by Gasteiger charge is 2.22. The molecule has 0 spiro atoms. The molecule has 1 aliphatic heterocycles. The fourth-order valence-electron chi connectivity index (χ4n) is 2.80. The van der Waals surface area contributed by atoms with E-state index >= 15 is 0 Å². The molecule has 2 aromatic rings. The van der Waals surface area contributed by atoms with Crippen LogP contribution in [0.1, 0.15) is 22.9 Å². The second kappa shape index (κ2) is 7.97. The number of hydrogen-bond donors (Lipinski definition) is 2. The van der Waals surface area contributed by atoms with E-state index in [1.54, 1.807) is 16.2 Å². The van der Waals surface area contributed by atoms with Gasteiger partial charge in [-0.05, 0) is 29.9 Å². The predicted octanol–water partition coefficient (Wildman–Crippen LogP) is 2.56. The number of thiophene rings is 1. The largest absolute Gasteiger partial charge is 0.347 e. The van der Waals surface area contributed by atoms with Crippen molar-refractivity contribution >= 4 is 23.3 Å². The summed E-state index contributed by atoms with van der Waals surface area (Å²) < 4.78 is 0. The van der Waals surface area contributed by atoms with Gasteiger partial charge in [0.05, 0.1) is 6.04 Å². The number of carbonyl (C=O) groups is 2. The van der Waals surface area contributed by atoms with E-state index in [1.807, 2.05) is 35.7 Å². The van der Waals surface area contributed by atoms with Crippen LogP contribution in [0.25, 0.3) is 0 Å². The van der Waals surface area contributed by atoms with Gasteiger partial charge in [0.1, 0.15) is 6.54 Å². The van der Waals surface area contributed by atoms with Crippen LogP contribution in [0.2, 0.25) is 0 Å². The number of rotatable bonds is 6. The molecule has 1 fully saturated rings. The van der Waals surface area contributed by atoms with Gasteiger partial charge in [0.25, 0.3) is 0 Å². The van der Waals surface area contributed by atoms with E-state index in [9.17, 15) is 9.59 Å². The fraction of sp³-hybridized carbons (Fsp3) is 0.333. The number of urea groups is 1. The molecular formula is C18H21N3O2S. The quantitative estimate of drug-likeness (QED) is 0.847. The van der Waals surface area contributed by atoms with E-state index in [-0.39, 0.29) is 24.5 Å². The van der Waals surface area contributed by atoms with Gasteiger partial charge in [-0.15, -0.1) is 11.3 Å². The Morgan fingerprint density at radius 3 is 2.79 bits per heavy atom. The van der Waals surface area contributed by atoms with Crippen molar-refractivity contribution in [1.82, 2.24) is 15.5 Å². The Morgan fingerprint density at radius 2 is 2.08 bits per heavy atom. The lowest BCUT2D eigenvalue weighted by atomic mass is 10.0. The average molecular weight is 343 g/mol. The molecule has 2 N–H and O–H groups in total. The Balaban J connectivity index is 1.65. The van der Waals surface area contributed by atoms with Gasteiger partial charge in [-0.3, -0.25) is 4.79 Å². The lowest BCUT2D eigenvalue weighted by molar-refractivity contribution is -0.122. The number of hydrogen-bond acceptors (Lipinski definition) is 3. The lowest BCUT2D eigenvalue weighted by Gasteiger charge is -2.27. The maximum absolute atomic E-state index is 12.4. The van der Waals surface area contributed by atoms with Crippen LogP contribution in [0.15, 0.2) is 47.8 Å². The molecule has 24 heavy (non-hydrogen) atoms. The highest BCUT2D eigenvalue weighted by atomic mass is 32.1. The molecule has 5 nitrogen and oxygen atoms in total. The zero-order valence-electron chi connectivity index (χ0n) is 13.4. The Hall–Kier alpha value is -2.34. The second-order valence-electron chi connectivity index (χ2n) is 5.83. The van der Waals surface area contributed by atoms with Gasteiger partial charge in [-0.2, -0.15) is 0 Å². The summed E-state index contributed by atoms with van der Waals surface area (Å²) in [5.41, 5.74) is 1.17. The number of benzene rings is 1. The highest BCUT2D eigenvalue weighted by Crippen LogP contribution is 2.23. The first-order chi connectivity index (χ1) is 11.7. The maximum Gasteiger partial charge on any atom is 0.317 e. The summed E-state index contributed by atoms with van der Waals surface area (Å²) in [6.07, 6.45) is 1.61. The van der Waals surface area contributed by atoms with Gasteiger partial charge in [-0.25, -0.2) is 4.79 Å². The van der Waals surface area contributed by atoms with E-state index in [0.717, 1.165) is 17.7 Å². The van der Waals surface area contributed by atoms with Gasteiger partial charge in [0, 0.05) is 18.0 Å². The number of carbonyl (C=O) groups excluding carboxylic acids is 2. The molecule has 126 valence electrons. The van der Waals surface area contributed by atoms with Gasteiger partial charge >= 0.3 is 6.03 Å². The maximum atomic E-state index is 12.4. The Kier molecular flexibility index (Phi) is 5.48. The number of nitrogens with zero attached hydrogens (tertiary/aromatic N) is 1. The van der Waals surface area contributed by atoms with Gasteiger partial charge in [0.15, 0.2) is 0 Å². The van der Waals surface area contributed by atoms with Crippen LogP contribution in [0.3, 0.4) is 0 Å². The van der Waals surface area contributed by atoms with Gasteiger partial charge < -0.3 is 15.5 Å². The third-order valence-electron chi connectivity index (χ3n) is 4.01. The number of nitrogens with one attached hydrogen (secondary N) is 2. The molecule has 1 saturated heterocycles. The first-order valence-corrected chi connectivity index (χ1v) is 9.00. The van der Waals surface area contributed by atoms with Crippen LogP contribution < -0.4 is 10.6 Å². The summed E-state index contributed by atoms with van der Waals surface area (Å²) in [6, 6.07) is 13.9. The van der Waals surface area contributed by atoms with Crippen LogP contribution in [0.5, 0.6) is 0 Å². The molecular weight excluding hydrogens is 322 g/mol. The fourth-order valence-corrected chi connectivity index (χ4v) is 3.58. The molecule has 3 amide bonds. The van der Waals surface area contributed by atoms with Crippen LogP contribution in [0.4, 0.5) is 4.79 Å². The van der Waals surface area contributed by atoms with Gasteiger partial charge in [-0.1, -0.05) is 36.4 Å². The molecule has 6 heteroatoms. The van der Waals surface area contributed by atoms with Gasteiger partial charge in [0.2, 0.25) is 5.91 Å². The van der Waals surface area contributed by atoms with Crippen molar-refractivity contribution in [1.29, 1.82) is 0 Å². The minimum Gasteiger partial charge on any atom is -0.347 e. The van der Waals surface area contributed by atoms with Crippen molar-refractivity contribution in [2.45, 2.75) is 18.9 Å². The summed E-state index contributed by atoms with van der Waals surface area (Å²) in [7, 11) is 0. The van der Waals surface area contributed by atoms with Crippen molar-refractivity contribution in [2.24, 2.45) is 0 Å². The zero-order chi connectivity index (χ0) is 16.8. The summed E-state index contributed by atoms with van der Waals surface area (Å²) in [5, 5.41) is 7.86. The summed E-state index contributed by atoms with van der Waals surface area (Å²) >= 11 is 1.63. The highest BCUT2D eigenvalue weighted by molar-refractivity contribution is 7.10. The first-order valence-electron chi connectivity index (χ1n) is 8.12. The molecule has 1 aromatic heterocycles. The zero-order valence-corrected chi connectivity index (χ0v) is 14.2. The van der Waals surface area contributed by atoms with Crippen molar-refractivity contribution in [3.63, 3.8) is 0 Å². The first kappa shape index (κ1) is 16.5. The minimum absolute atomic E-state index is 0.0762. The van der Waals surface area contributed by atoms with Crippen LogP contribution in [0, 0.1) is 0 Å². The molecule has 0 saturated carbocycles. The lowest BCUT2D eigenvalue weighted by Crippen LogP contribution is -2.50. The Labute approximate surface area is 145 Å². The molecule has 0 bridgehead atoms. The van der Waals surface area contributed by atoms with Crippen molar-refractivity contribution in [3.05, 3.63) is 58.3 Å². The van der Waals surface area contributed by atoms with Crippen LogP contribution in [-0.2, 0) is 11.2 Å². The molecule has 0 aliphatic carbocycles. The molecule has 0 unspecified atom stereocenters. The van der Waals surface area contributed by atoms with E-state index in [4.69, 9.17) is 0 Å². The molecule has 3 rings (SSSR count). The van der Waals surface area contributed by atoms with Crippen molar-refractivity contribution in [2.75, 3.05) is 19.6 Å². The van der Waals surface area contributed by atoms with Crippen LogP contribution >= 0.6 is 11.3 Å². The Bertz CT molecular complexity index is 673. The number of amides is 3. The van der Waals surface area contributed by atoms with E-state index in [2.05, 4.69) is 22.8 Å². The third kappa shape index (κ3) is 4.35. The molecule has 1 atom stereocenters. The average Bonchev–Trinajstić information content (AvgIpc) is 3.12. The van der Waals surface area contributed by atoms with E-state index in [0.29, 0.717) is 13.1 Å². The second-order valence-corrected chi connectivity index (χ2v) is 6.81. The SMILES string of the molecule is O=C(CN1CCCNC1=O)N[C@H](Cc1ccccc1)c1cccs1. The summed E-state index contributed by atoms with van der Waals surface area (Å²) in [4.78, 5) is 26.9. The molecule has 1 aromatic carbocycles. The van der Waals surface area contributed by atoms with E-state index in [1.165, 1.54) is 5.56 Å².